The summed E-state index contributed by atoms with van der Waals surface area (Å²) in [6, 6.07) is 12.1. The van der Waals surface area contributed by atoms with Gasteiger partial charge in [0, 0.05) is 16.6 Å². The Morgan fingerprint density at radius 3 is 2.68 bits per heavy atom. The van der Waals surface area contributed by atoms with E-state index in [9.17, 15) is 0 Å². The fourth-order valence-corrected chi connectivity index (χ4v) is 2.78. The number of benzene rings is 1. The number of hydrogen-bond acceptors (Lipinski definition) is 3. The number of aryl methyl sites for hydroxylation is 1. The number of thiophene rings is 1. The van der Waals surface area contributed by atoms with Crippen molar-refractivity contribution in [1.82, 2.24) is 9.78 Å². The molecule has 2 heterocycles. The van der Waals surface area contributed by atoms with E-state index in [-0.39, 0.29) is 6.04 Å². The Morgan fingerprint density at radius 2 is 2.00 bits per heavy atom. The molecule has 1 aromatic carbocycles. The van der Waals surface area contributed by atoms with E-state index in [4.69, 9.17) is 5.73 Å². The third-order valence-electron chi connectivity index (χ3n) is 3.09. The second kappa shape index (κ2) is 4.99. The lowest BCUT2D eigenvalue weighted by molar-refractivity contribution is 0.864. The van der Waals surface area contributed by atoms with Crippen molar-refractivity contribution >= 4 is 11.3 Å². The highest BCUT2D eigenvalue weighted by Crippen LogP contribution is 2.24. The van der Waals surface area contributed by atoms with Crippen LogP contribution in [0.25, 0.3) is 5.69 Å². The summed E-state index contributed by atoms with van der Waals surface area (Å²) in [6.07, 6.45) is 3.83. The van der Waals surface area contributed by atoms with Gasteiger partial charge < -0.3 is 5.73 Å². The highest BCUT2D eigenvalue weighted by molar-refractivity contribution is 7.10. The van der Waals surface area contributed by atoms with Gasteiger partial charge in [-0.15, -0.1) is 11.3 Å². The Bertz CT molecular complexity index is 670. The Labute approximate surface area is 116 Å². The molecule has 0 saturated carbocycles. The molecule has 0 radical (unpaired) electrons. The Kier molecular flexibility index (Phi) is 3.19. The van der Waals surface area contributed by atoms with Crippen LogP contribution in [0.3, 0.4) is 0 Å². The molecule has 3 aromatic rings. The summed E-state index contributed by atoms with van der Waals surface area (Å²) in [5.74, 6) is 0. The van der Waals surface area contributed by atoms with Crippen LogP contribution < -0.4 is 5.73 Å². The van der Waals surface area contributed by atoms with Gasteiger partial charge in [0.15, 0.2) is 0 Å². The monoisotopic (exact) mass is 269 g/mol. The SMILES string of the molecule is Cc1cc(C(N)c2cnn(-c3ccccc3)c2)cs1. The van der Waals surface area contributed by atoms with Gasteiger partial charge in [-0.2, -0.15) is 5.10 Å². The molecule has 2 aromatic heterocycles. The highest BCUT2D eigenvalue weighted by atomic mass is 32.1. The maximum absolute atomic E-state index is 6.27. The molecule has 1 unspecified atom stereocenters. The summed E-state index contributed by atoms with van der Waals surface area (Å²) in [7, 11) is 0. The largest absolute Gasteiger partial charge is 0.320 e. The van der Waals surface area contributed by atoms with Gasteiger partial charge in [-0.05, 0) is 36.1 Å². The predicted octanol–water partition coefficient (Wildman–Crippen LogP) is 3.29. The van der Waals surface area contributed by atoms with E-state index in [1.807, 2.05) is 47.4 Å². The van der Waals surface area contributed by atoms with E-state index in [1.165, 1.54) is 4.88 Å². The fourth-order valence-electron chi connectivity index (χ4n) is 2.04. The van der Waals surface area contributed by atoms with E-state index >= 15 is 0 Å². The lowest BCUT2D eigenvalue weighted by Gasteiger charge is -2.06. The van der Waals surface area contributed by atoms with Gasteiger partial charge in [0.05, 0.1) is 17.9 Å². The number of hydrogen-bond donors (Lipinski definition) is 1. The molecule has 2 N–H and O–H groups in total. The minimum absolute atomic E-state index is 0.109. The summed E-state index contributed by atoms with van der Waals surface area (Å²) in [5, 5.41) is 6.49. The van der Waals surface area contributed by atoms with Crippen molar-refractivity contribution in [1.29, 1.82) is 0 Å². The van der Waals surface area contributed by atoms with Gasteiger partial charge in [-0.1, -0.05) is 18.2 Å². The van der Waals surface area contributed by atoms with Gasteiger partial charge in [-0.25, -0.2) is 4.68 Å². The maximum atomic E-state index is 6.27. The standard InChI is InChI=1S/C15H15N3S/c1-11-7-12(10-19-11)15(16)13-8-17-18(9-13)14-5-3-2-4-6-14/h2-10,15H,16H2,1H3. The molecule has 0 saturated heterocycles. The van der Waals surface area contributed by atoms with E-state index in [2.05, 4.69) is 23.5 Å². The lowest BCUT2D eigenvalue weighted by Crippen LogP contribution is -2.09. The molecular formula is C15H15N3S. The Balaban J connectivity index is 1.89. The van der Waals surface area contributed by atoms with Crippen molar-refractivity contribution in [2.45, 2.75) is 13.0 Å². The molecule has 19 heavy (non-hydrogen) atoms. The van der Waals surface area contributed by atoms with Crippen LogP contribution in [0.1, 0.15) is 22.0 Å². The topological polar surface area (TPSA) is 43.8 Å². The van der Waals surface area contributed by atoms with Crippen LogP contribution in [0, 0.1) is 6.92 Å². The first-order chi connectivity index (χ1) is 9.24. The van der Waals surface area contributed by atoms with Gasteiger partial charge >= 0.3 is 0 Å². The molecule has 0 amide bonds. The van der Waals surface area contributed by atoms with Crippen LogP contribution in [0.15, 0.2) is 54.2 Å². The summed E-state index contributed by atoms with van der Waals surface area (Å²) >= 11 is 1.72. The van der Waals surface area contributed by atoms with E-state index in [0.717, 1.165) is 16.8 Å². The summed E-state index contributed by atoms with van der Waals surface area (Å²) in [4.78, 5) is 1.28. The van der Waals surface area contributed by atoms with Crippen molar-refractivity contribution < 1.29 is 0 Å². The first kappa shape index (κ1) is 12.1. The molecule has 4 heteroatoms. The van der Waals surface area contributed by atoms with Crippen molar-refractivity contribution in [2.24, 2.45) is 5.73 Å². The van der Waals surface area contributed by atoms with Crippen LogP contribution in [-0.4, -0.2) is 9.78 Å². The molecule has 0 aliphatic carbocycles. The average molecular weight is 269 g/mol. The van der Waals surface area contributed by atoms with Crippen LogP contribution in [0.5, 0.6) is 0 Å². The zero-order chi connectivity index (χ0) is 13.2. The molecule has 3 rings (SSSR count). The van der Waals surface area contributed by atoms with E-state index in [0.29, 0.717) is 0 Å². The third-order valence-corrected chi connectivity index (χ3v) is 3.97. The fraction of sp³-hybridized carbons (Fsp3) is 0.133. The Morgan fingerprint density at radius 1 is 1.21 bits per heavy atom. The number of nitrogens with two attached hydrogens (primary N) is 1. The lowest BCUT2D eigenvalue weighted by atomic mass is 10.1. The minimum Gasteiger partial charge on any atom is -0.320 e. The summed E-state index contributed by atoms with van der Waals surface area (Å²) < 4.78 is 1.86. The van der Waals surface area contributed by atoms with Gasteiger partial charge in [0.1, 0.15) is 0 Å². The molecule has 0 aliphatic rings. The molecular weight excluding hydrogens is 254 g/mol. The van der Waals surface area contributed by atoms with Crippen LogP contribution in [-0.2, 0) is 0 Å². The zero-order valence-corrected chi connectivity index (χ0v) is 11.5. The number of para-hydroxylation sites is 1. The molecule has 3 nitrogen and oxygen atoms in total. The number of aromatic nitrogens is 2. The van der Waals surface area contributed by atoms with Crippen LogP contribution in [0.4, 0.5) is 0 Å². The van der Waals surface area contributed by atoms with Crippen molar-refractivity contribution in [2.75, 3.05) is 0 Å². The first-order valence-electron chi connectivity index (χ1n) is 6.14. The van der Waals surface area contributed by atoms with Crippen LogP contribution in [0.2, 0.25) is 0 Å². The number of nitrogens with zero attached hydrogens (tertiary/aromatic N) is 2. The van der Waals surface area contributed by atoms with Gasteiger partial charge in [0.25, 0.3) is 0 Å². The summed E-state index contributed by atoms with van der Waals surface area (Å²) in [5.41, 5.74) is 9.50. The van der Waals surface area contributed by atoms with Crippen molar-refractivity contribution in [3.63, 3.8) is 0 Å². The second-order valence-corrected chi connectivity index (χ2v) is 5.64. The zero-order valence-electron chi connectivity index (χ0n) is 10.7. The number of rotatable bonds is 3. The Hall–Kier alpha value is -1.91. The second-order valence-electron chi connectivity index (χ2n) is 4.52. The average Bonchev–Trinajstić information content (AvgIpc) is 3.08. The first-order valence-corrected chi connectivity index (χ1v) is 7.02. The smallest absolute Gasteiger partial charge is 0.0645 e. The molecule has 96 valence electrons. The molecule has 0 fully saturated rings. The predicted molar refractivity (Wildman–Crippen MR) is 78.7 cm³/mol. The quantitative estimate of drug-likeness (QED) is 0.793. The van der Waals surface area contributed by atoms with Crippen molar-refractivity contribution in [3.05, 3.63) is 70.2 Å². The third kappa shape index (κ3) is 2.45. The normalized spacial score (nSPS) is 12.5. The minimum atomic E-state index is -0.109. The highest BCUT2D eigenvalue weighted by Gasteiger charge is 2.12. The molecule has 0 spiro atoms. The summed E-state index contributed by atoms with van der Waals surface area (Å²) in [6.45, 7) is 2.09. The van der Waals surface area contributed by atoms with Crippen molar-refractivity contribution in [3.8, 4) is 5.69 Å². The molecule has 0 aliphatic heterocycles. The molecule has 1 atom stereocenters. The van der Waals surface area contributed by atoms with Gasteiger partial charge in [-0.3, -0.25) is 0 Å². The maximum Gasteiger partial charge on any atom is 0.0645 e. The van der Waals surface area contributed by atoms with E-state index in [1.54, 1.807) is 11.3 Å². The molecule has 0 bridgehead atoms. The van der Waals surface area contributed by atoms with Gasteiger partial charge in [0.2, 0.25) is 0 Å². The van der Waals surface area contributed by atoms with Crippen LogP contribution >= 0.6 is 11.3 Å². The van der Waals surface area contributed by atoms with E-state index < -0.39 is 0 Å².